The lowest BCUT2D eigenvalue weighted by Gasteiger charge is -2.11. The third kappa shape index (κ3) is 10.4. The second-order valence-electron chi connectivity index (χ2n) is 11.5. The Kier molecular flexibility index (Phi) is 12.9. The zero-order valence-corrected chi connectivity index (χ0v) is 24.0. The minimum absolute atomic E-state index is 0.00958. The van der Waals surface area contributed by atoms with Crippen molar-refractivity contribution < 1.29 is 24.2 Å². The molecule has 0 amide bonds. The van der Waals surface area contributed by atoms with E-state index in [1.807, 2.05) is 0 Å². The second-order valence-corrected chi connectivity index (χ2v) is 11.5. The van der Waals surface area contributed by atoms with E-state index in [0.717, 1.165) is 25.2 Å². The van der Waals surface area contributed by atoms with Crippen molar-refractivity contribution in [2.45, 2.75) is 117 Å². The van der Waals surface area contributed by atoms with Crippen LogP contribution in [0.15, 0.2) is 33.5 Å². The van der Waals surface area contributed by atoms with Gasteiger partial charge in [0.25, 0.3) is 0 Å². The van der Waals surface area contributed by atoms with Gasteiger partial charge in [-0.2, -0.15) is 0 Å². The molecule has 2 heterocycles. The highest BCUT2D eigenvalue weighted by Crippen LogP contribution is 2.38. The molecule has 2 N–H and O–H groups in total. The van der Waals surface area contributed by atoms with E-state index in [2.05, 4.69) is 19.1 Å². The Balaban J connectivity index is 0.000000216. The first-order valence-electron chi connectivity index (χ1n) is 15.2. The minimum Gasteiger partial charge on any atom is -0.507 e. The maximum Gasteiger partial charge on any atom is 0.303 e. The number of hydrogen-bond acceptors (Lipinski definition) is 5. The fourth-order valence-electron chi connectivity index (χ4n) is 5.55. The lowest BCUT2D eigenvalue weighted by Crippen LogP contribution is -2.05. The number of rotatable bonds is 13. The molecule has 0 radical (unpaired) electrons. The van der Waals surface area contributed by atoms with E-state index in [1.165, 1.54) is 76.7 Å². The van der Waals surface area contributed by atoms with Crippen molar-refractivity contribution in [3.05, 3.63) is 45.8 Å². The van der Waals surface area contributed by atoms with E-state index in [0.29, 0.717) is 48.0 Å². The van der Waals surface area contributed by atoms with Gasteiger partial charge in [-0.1, -0.05) is 76.9 Å². The average Bonchev–Trinajstić information content (AvgIpc) is 3.33. The van der Waals surface area contributed by atoms with Crippen molar-refractivity contribution in [2.24, 2.45) is 11.8 Å². The van der Waals surface area contributed by atoms with Crippen LogP contribution in [-0.4, -0.2) is 22.8 Å². The monoisotopic (exact) mass is 540 g/mol. The van der Waals surface area contributed by atoms with Crippen LogP contribution in [-0.2, 0) is 11.2 Å². The number of carbonyl (C=O) groups is 1. The van der Waals surface area contributed by atoms with Crippen LogP contribution in [0.4, 0.5) is 0 Å². The predicted molar refractivity (Wildman–Crippen MR) is 157 cm³/mol. The lowest BCUT2D eigenvalue weighted by molar-refractivity contribution is -0.137. The molecule has 6 nitrogen and oxygen atoms in total. The normalized spacial score (nSPS) is 18.2. The summed E-state index contributed by atoms with van der Waals surface area (Å²) in [6, 6.07) is 3.12. The van der Waals surface area contributed by atoms with Gasteiger partial charge in [-0.15, -0.1) is 0 Å². The number of ether oxygens (including phenoxy) is 1. The number of fused-ring (bicyclic) bond motifs is 2. The van der Waals surface area contributed by atoms with Gasteiger partial charge in [-0.25, -0.2) is 0 Å². The first kappa shape index (κ1) is 30.8. The molecule has 1 aromatic heterocycles. The number of aromatic hydroxyl groups is 1. The highest BCUT2D eigenvalue weighted by molar-refractivity contribution is 5.86. The Morgan fingerprint density at radius 3 is 2.28 bits per heavy atom. The summed E-state index contributed by atoms with van der Waals surface area (Å²) in [6.07, 6.45) is 23.6. The topological polar surface area (TPSA) is 97.0 Å². The maximum atomic E-state index is 12.0. The molecule has 1 aromatic carbocycles. The van der Waals surface area contributed by atoms with E-state index in [4.69, 9.17) is 14.3 Å². The molecule has 2 aromatic rings. The fourth-order valence-corrected chi connectivity index (χ4v) is 5.55. The first-order chi connectivity index (χ1) is 18.8. The predicted octanol–water partition coefficient (Wildman–Crippen LogP) is 8.49. The molecule has 216 valence electrons. The summed E-state index contributed by atoms with van der Waals surface area (Å²) in [7, 11) is 0. The first-order valence-corrected chi connectivity index (χ1v) is 15.2. The molecule has 2 aliphatic rings. The summed E-state index contributed by atoms with van der Waals surface area (Å²) in [5.74, 6) is 1.83. The molecule has 0 fully saturated rings. The van der Waals surface area contributed by atoms with E-state index >= 15 is 0 Å². The van der Waals surface area contributed by atoms with Crippen LogP contribution < -0.4 is 10.2 Å². The second kappa shape index (κ2) is 16.4. The maximum absolute atomic E-state index is 12.0. The molecule has 0 saturated carbocycles. The third-order valence-corrected chi connectivity index (χ3v) is 7.92. The lowest BCUT2D eigenvalue weighted by atomic mass is 9.99. The number of aliphatic carboxylic acids is 1. The van der Waals surface area contributed by atoms with E-state index in [-0.39, 0.29) is 16.6 Å². The summed E-state index contributed by atoms with van der Waals surface area (Å²) in [4.78, 5) is 22.3. The van der Waals surface area contributed by atoms with Gasteiger partial charge >= 0.3 is 5.97 Å². The van der Waals surface area contributed by atoms with Crippen LogP contribution in [0.3, 0.4) is 0 Å². The molecular formula is C33H48O6. The summed E-state index contributed by atoms with van der Waals surface area (Å²) in [5.41, 5.74) is 0.889. The molecule has 1 aliphatic heterocycles. The average molecular weight is 541 g/mol. The SMILES string of the molecule is Cc1cc(=O)c2c(O)c3c(cc2o1)OCC(C)CC3.O=C(O)CCCCCCCCCCCCC1C=CCC1. The van der Waals surface area contributed by atoms with E-state index < -0.39 is 5.97 Å². The molecule has 2 atom stereocenters. The van der Waals surface area contributed by atoms with Crippen molar-refractivity contribution in [3.8, 4) is 11.5 Å². The van der Waals surface area contributed by atoms with Crippen molar-refractivity contribution in [1.29, 1.82) is 0 Å². The van der Waals surface area contributed by atoms with Crippen LogP contribution >= 0.6 is 0 Å². The van der Waals surface area contributed by atoms with Gasteiger partial charge in [0.1, 0.15) is 28.2 Å². The molecule has 4 rings (SSSR count). The molecule has 6 heteroatoms. The molecular weight excluding hydrogens is 492 g/mol. The Morgan fingerprint density at radius 1 is 0.974 bits per heavy atom. The van der Waals surface area contributed by atoms with Crippen LogP contribution in [0.25, 0.3) is 11.0 Å². The molecule has 39 heavy (non-hydrogen) atoms. The highest BCUT2D eigenvalue weighted by Gasteiger charge is 2.21. The molecule has 0 bridgehead atoms. The summed E-state index contributed by atoms with van der Waals surface area (Å²) >= 11 is 0. The standard InChI is InChI=1S/C18H32O2.C15H16O4/c19-18(20)16-10-8-6-4-2-1-3-5-7-9-13-17-14-11-12-15-17;1-8-3-4-10-12(18-7-8)6-13-14(15(10)17)11(16)5-9(2)19-13/h11,14,17H,1-10,12-13,15-16H2,(H,19,20);5-6,8,17H,3-4,7H2,1-2H3. The highest BCUT2D eigenvalue weighted by atomic mass is 16.5. The van der Waals surface area contributed by atoms with Gasteiger partial charge in [0, 0.05) is 24.1 Å². The number of benzene rings is 1. The fraction of sp³-hybridized carbons (Fsp3) is 0.636. The Morgan fingerprint density at radius 2 is 1.64 bits per heavy atom. The molecule has 0 spiro atoms. The van der Waals surface area contributed by atoms with Gasteiger partial charge in [0.05, 0.1) is 6.61 Å². The number of carboxylic acids is 1. The van der Waals surface area contributed by atoms with Gasteiger partial charge in [-0.05, 0) is 57.3 Å². The van der Waals surface area contributed by atoms with Crippen LogP contribution in [0.2, 0.25) is 0 Å². The molecule has 0 saturated heterocycles. The van der Waals surface area contributed by atoms with Gasteiger partial charge < -0.3 is 19.4 Å². The van der Waals surface area contributed by atoms with E-state index in [1.54, 1.807) is 13.0 Å². The van der Waals surface area contributed by atoms with Crippen molar-refractivity contribution in [3.63, 3.8) is 0 Å². The minimum atomic E-state index is -0.655. The van der Waals surface area contributed by atoms with Gasteiger partial charge in [-0.3, -0.25) is 9.59 Å². The number of allylic oxidation sites excluding steroid dienone is 2. The molecule has 1 aliphatic carbocycles. The number of carboxylic acid groups (broad SMARTS) is 1. The molecule has 2 unspecified atom stereocenters. The van der Waals surface area contributed by atoms with Crippen molar-refractivity contribution in [1.82, 2.24) is 0 Å². The third-order valence-electron chi connectivity index (χ3n) is 7.92. The number of unbranched alkanes of at least 4 members (excludes halogenated alkanes) is 9. The zero-order valence-electron chi connectivity index (χ0n) is 24.0. The van der Waals surface area contributed by atoms with Crippen LogP contribution in [0, 0.1) is 18.8 Å². The zero-order chi connectivity index (χ0) is 28.0. The van der Waals surface area contributed by atoms with Crippen LogP contribution in [0.1, 0.15) is 115 Å². The number of phenols is 1. The van der Waals surface area contributed by atoms with Gasteiger partial charge in [0.2, 0.25) is 0 Å². The quantitative estimate of drug-likeness (QED) is 0.195. The van der Waals surface area contributed by atoms with Crippen LogP contribution in [0.5, 0.6) is 11.5 Å². The number of aryl methyl sites for hydroxylation is 1. The smallest absolute Gasteiger partial charge is 0.303 e. The number of phenolic OH excluding ortho intramolecular Hbond substituents is 1. The Labute approximate surface area is 233 Å². The van der Waals surface area contributed by atoms with Gasteiger partial charge in [0.15, 0.2) is 5.43 Å². The Bertz CT molecular complexity index is 1130. The summed E-state index contributed by atoms with van der Waals surface area (Å²) in [6.45, 7) is 4.44. The Hall–Kier alpha value is -2.76. The van der Waals surface area contributed by atoms with E-state index in [9.17, 15) is 14.7 Å². The summed E-state index contributed by atoms with van der Waals surface area (Å²) in [5, 5.41) is 19.1. The summed E-state index contributed by atoms with van der Waals surface area (Å²) < 4.78 is 11.2. The van der Waals surface area contributed by atoms with Crippen molar-refractivity contribution in [2.75, 3.05) is 6.61 Å². The largest absolute Gasteiger partial charge is 0.507 e. The van der Waals surface area contributed by atoms with Crippen molar-refractivity contribution >= 4 is 16.9 Å². The number of hydrogen-bond donors (Lipinski definition) is 2.